The smallest absolute Gasteiger partial charge is 0.0577 e. The van der Waals surface area contributed by atoms with Crippen LogP contribution >= 0.6 is 0 Å². The number of hydrogen-bond donors (Lipinski definition) is 2. The molecule has 0 amide bonds. The van der Waals surface area contributed by atoms with Crippen LogP contribution in [0.5, 0.6) is 0 Å². The van der Waals surface area contributed by atoms with Gasteiger partial charge in [0.15, 0.2) is 0 Å². The van der Waals surface area contributed by atoms with Crippen molar-refractivity contribution in [2.24, 2.45) is 46.3 Å². The second kappa shape index (κ2) is 6.81. The van der Waals surface area contributed by atoms with E-state index in [9.17, 15) is 10.2 Å². The third-order valence-corrected chi connectivity index (χ3v) is 11.7. The highest BCUT2D eigenvalue weighted by atomic mass is 16.3. The Morgan fingerprint density at radius 3 is 2.70 bits per heavy atom. The Morgan fingerprint density at radius 2 is 1.90 bits per heavy atom. The third-order valence-electron chi connectivity index (χ3n) is 11.7. The molecule has 2 heterocycles. The molecule has 30 heavy (non-hydrogen) atoms. The van der Waals surface area contributed by atoms with Gasteiger partial charge in [0, 0.05) is 30.7 Å². The zero-order valence-corrected chi connectivity index (χ0v) is 19.4. The summed E-state index contributed by atoms with van der Waals surface area (Å²) in [5, 5.41) is 21.2. The molecule has 11 atom stereocenters. The van der Waals surface area contributed by atoms with Crippen molar-refractivity contribution in [3.05, 3.63) is 11.6 Å². The quantitative estimate of drug-likeness (QED) is 0.616. The standard InChI is InChI=1S/C27H43NO2/c1-16-4-7-23-17(2)25-24(28(23)14-16)13-22-20-6-5-18-12-19(30)8-10-26(18,3)21(20)9-11-27(22,25)15-29/h5,16-17,19-25,29-30H,4,6-15H2,1-3H3/t16-,17-,19-,20+,21-,22-,23+,24-,25-,26-,27+/m0/s1. The van der Waals surface area contributed by atoms with Gasteiger partial charge >= 0.3 is 0 Å². The fraction of sp³-hybridized carbons (Fsp3) is 0.926. The van der Waals surface area contributed by atoms with E-state index in [1.807, 2.05) is 0 Å². The lowest BCUT2D eigenvalue weighted by Gasteiger charge is -2.58. The van der Waals surface area contributed by atoms with Crippen LogP contribution in [-0.2, 0) is 0 Å². The molecular formula is C27H43NO2. The number of piperidine rings is 1. The lowest BCUT2D eigenvalue weighted by atomic mass is 9.46. The number of nitrogens with zero attached hydrogens (tertiary/aromatic N) is 1. The summed E-state index contributed by atoms with van der Waals surface area (Å²) in [6, 6.07) is 1.49. The number of aliphatic hydroxyl groups excluding tert-OH is 2. The van der Waals surface area contributed by atoms with Crippen LogP contribution in [-0.4, -0.2) is 46.5 Å². The summed E-state index contributed by atoms with van der Waals surface area (Å²) in [7, 11) is 0. The maximum absolute atomic E-state index is 11.0. The van der Waals surface area contributed by atoms with Crippen LogP contribution in [0.25, 0.3) is 0 Å². The molecule has 6 aliphatic rings. The van der Waals surface area contributed by atoms with Crippen LogP contribution in [0.3, 0.4) is 0 Å². The van der Waals surface area contributed by atoms with Crippen molar-refractivity contribution in [3.8, 4) is 0 Å². The van der Waals surface area contributed by atoms with Gasteiger partial charge in [-0.05, 0) is 98.7 Å². The number of fused-ring (bicyclic) bond motifs is 9. The van der Waals surface area contributed by atoms with Gasteiger partial charge in [-0.1, -0.05) is 32.4 Å². The Morgan fingerprint density at radius 1 is 1.07 bits per heavy atom. The van der Waals surface area contributed by atoms with Crippen molar-refractivity contribution in [2.75, 3.05) is 13.2 Å². The fourth-order valence-corrected chi connectivity index (χ4v) is 10.4. The van der Waals surface area contributed by atoms with Gasteiger partial charge in [-0.15, -0.1) is 0 Å². The van der Waals surface area contributed by atoms with Crippen LogP contribution in [0.15, 0.2) is 11.6 Å². The van der Waals surface area contributed by atoms with Gasteiger partial charge in [0.1, 0.15) is 0 Å². The molecule has 0 spiro atoms. The molecule has 2 saturated heterocycles. The van der Waals surface area contributed by atoms with E-state index < -0.39 is 0 Å². The summed E-state index contributed by atoms with van der Waals surface area (Å²) in [5.41, 5.74) is 2.03. The number of hydrogen-bond acceptors (Lipinski definition) is 3. The van der Waals surface area contributed by atoms with E-state index in [-0.39, 0.29) is 11.5 Å². The third kappa shape index (κ3) is 2.49. The van der Waals surface area contributed by atoms with Gasteiger partial charge < -0.3 is 10.2 Å². The van der Waals surface area contributed by atoms with Crippen molar-refractivity contribution in [1.29, 1.82) is 0 Å². The molecule has 0 unspecified atom stereocenters. The van der Waals surface area contributed by atoms with Crippen molar-refractivity contribution >= 4 is 0 Å². The average Bonchev–Trinajstić information content (AvgIpc) is 3.22. The summed E-state index contributed by atoms with van der Waals surface area (Å²) in [4.78, 5) is 2.93. The van der Waals surface area contributed by atoms with E-state index >= 15 is 0 Å². The predicted octanol–water partition coefficient (Wildman–Crippen LogP) is 4.63. The van der Waals surface area contributed by atoms with E-state index in [0.29, 0.717) is 23.9 Å². The summed E-state index contributed by atoms with van der Waals surface area (Å²) in [6.07, 6.45) is 13.3. The topological polar surface area (TPSA) is 43.7 Å². The Balaban J connectivity index is 1.35. The summed E-state index contributed by atoms with van der Waals surface area (Å²) in [5.74, 6) is 4.48. The highest BCUT2D eigenvalue weighted by Gasteiger charge is 2.67. The molecule has 6 rings (SSSR count). The minimum Gasteiger partial charge on any atom is -0.396 e. The Bertz CT molecular complexity index is 734. The molecular weight excluding hydrogens is 370 g/mol. The van der Waals surface area contributed by atoms with E-state index in [1.165, 1.54) is 45.1 Å². The van der Waals surface area contributed by atoms with Crippen molar-refractivity contribution in [1.82, 2.24) is 4.90 Å². The normalized spacial score (nSPS) is 57.6. The maximum Gasteiger partial charge on any atom is 0.0577 e. The first-order valence-electron chi connectivity index (χ1n) is 13.1. The molecule has 2 N–H and O–H groups in total. The molecule has 0 bridgehead atoms. The van der Waals surface area contributed by atoms with Gasteiger partial charge in [0.2, 0.25) is 0 Å². The Kier molecular flexibility index (Phi) is 4.60. The molecule has 0 aromatic carbocycles. The number of aliphatic hydroxyl groups is 2. The first-order valence-corrected chi connectivity index (χ1v) is 13.1. The van der Waals surface area contributed by atoms with Gasteiger partial charge in [0.05, 0.1) is 6.10 Å². The average molecular weight is 414 g/mol. The molecule has 0 aromatic rings. The maximum atomic E-state index is 11.0. The van der Waals surface area contributed by atoms with Crippen LogP contribution in [0.1, 0.15) is 78.6 Å². The molecule has 3 saturated carbocycles. The van der Waals surface area contributed by atoms with Crippen molar-refractivity contribution < 1.29 is 10.2 Å². The summed E-state index contributed by atoms with van der Waals surface area (Å²) < 4.78 is 0. The molecule has 2 aliphatic heterocycles. The zero-order chi connectivity index (χ0) is 20.8. The summed E-state index contributed by atoms with van der Waals surface area (Å²) >= 11 is 0. The number of rotatable bonds is 1. The first-order chi connectivity index (χ1) is 14.4. The van der Waals surface area contributed by atoms with Crippen LogP contribution in [0, 0.1) is 46.3 Å². The zero-order valence-electron chi connectivity index (χ0n) is 19.4. The number of allylic oxidation sites excluding steroid dienone is 1. The monoisotopic (exact) mass is 413 g/mol. The SMILES string of the molecule is C[C@H]1CC[C@@H]2[C@H](C)[C@H]3[C@H](C[C@H]4[C@@H]5CC=C6C[C@@H](O)CC[C@]6(C)[C@H]5CC[C@]34CO)N2C1. The van der Waals surface area contributed by atoms with E-state index in [4.69, 9.17) is 0 Å². The predicted molar refractivity (Wildman–Crippen MR) is 120 cm³/mol. The molecule has 3 heteroatoms. The van der Waals surface area contributed by atoms with Crippen molar-refractivity contribution in [3.63, 3.8) is 0 Å². The Hall–Kier alpha value is -0.380. The molecule has 0 aromatic heterocycles. The van der Waals surface area contributed by atoms with E-state index in [1.54, 1.807) is 5.57 Å². The molecule has 3 nitrogen and oxygen atoms in total. The van der Waals surface area contributed by atoms with Gasteiger partial charge in [0.25, 0.3) is 0 Å². The lowest BCUT2D eigenvalue weighted by molar-refractivity contribution is -0.0890. The molecule has 5 fully saturated rings. The van der Waals surface area contributed by atoms with E-state index in [0.717, 1.165) is 55.0 Å². The highest BCUT2D eigenvalue weighted by molar-refractivity contribution is 5.27. The minimum atomic E-state index is -0.120. The van der Waals surface area contributed by atoms with Crippen molar-refractivity contribution in [2.45, 2.75) is 96.7 Å². The minimum absolute atomic E-state index is 0.120. The van der Waals surface area contributed by atoms with Gasteiger partial charge in [-0.25, -0.2) is 0 Å². The van der Waals surface area contributed by atoms with Crippen LogP contribution < -0.4 is 0 Å². The van der Waals surface area contributed by atoms with Gasteiger partial charge in [-0.3, -0.25) is 4.90 Å². The van der Waals surface area contributed by atoms with E-state index in [2.05, 4.69) is 31.7 Å². The second-order valence-corrected chi connectivity index (χ2v) is 12.7. The van der Waals surface area contributed by atoms with Crippen LogP contribution in [0.2, 0.25) is 0 Å². The Labute approximate surface area is 183 Å². The van der Waals surface area contributed by atoms with Crippen LogP contribution in [0.4, 0.5) is 0 Å². The summed E-state index contributed by atoms with van der Waals surface area (Å²) in [6.45, 7) is 9.20. The fourth-order valence-electron chi connectivity index (χ4n) is 10.4. The lowest BCUT2D eigenvalue weighted by Crippen LogP contribution is -2.53. The first kappa shape index (κ1) is 20.2. The molecule has 168 valence electrons. The largest absolute Gasteiger partial charge is 0.396 e. The highest BCUT2D eigenvalue weighted by Crippen LogP contribution is 2.69. The van der Waals surface area contributed by atoms with Gasteiger partial charge in [-0.2, -0.15) is 0 Å². The second-order valence-electron chi connectivity index (χ2n) is 12.7. The molecule has 0 radical (unpaired) electrons. The molecule has 4 aliphatic carbocycles.